The lowest BCUT2D eigenvalue weighted by atomic mass is 10.2. The summed E-state index contributed by atoms with van der Waals surface area (Å²) in [6.45, 7) is 0. The number of nitrogens with zero attached hydrogens (tertiary/aromatic N) is 2. The number of halogens is 3. The minimum atomic E-state index is 0.462. The van der Waals surface area contributed by atoms with Crippen LogP contribution in [0.1, 0.15) is 0 Å². The van der Waals surface area contributed by atoms with Gasteiger partial charge in [0, 0.05) is 32.1 Å². The summed E-state index contributed by atoms with van der Waals surface area (Å²) in [5.74, 6) is 0.462. The van der Waals surface area contributed by atoms with Gasteiger partial charge in [0.05, 0.1) is 5.56 Å². The fraction of sp³-hybridized carbons (Fsp3) is 0. The lowest BCUT2D eigenvalue weighted by molar-refractivity contribution is 0.536. The van der Waals surface area contributed by atoms with E-state index in [1.807, 2.05) is 28.7 Å². The van der Waals surface area contributed by atoms with Crippen LogP contribution >= 0.6 is 50.1 Å². The molecule has 0 saturated heterocycles. The van der Waals surface area contributed by atoms with E-state index in [1.54, 1.807) is 12.1 Å². The van der Waals surface area contributed by atoms with Crippen molar-refractivity contribution in [1.82, 2.24) is 10.2 Å². The summed E-state index contributed by atoms with van der Waals surface area (Å²) < 4.78 is 6.66. The van der Waals surface area contributed by atoms with Gasteiger partial charge in [-0.25, -0.2) is 0 Å². The summed E-state index contributed by atoms with van der Waals surface area (Å²) in [5, 5.41) is 8.28. The van der Waals surface area contributed by atoms with Crippen molar-refractivity contribution in [2.45, 2.75) is 0 Å². The van der Waals surface area contributed by atoms with Gasteiger partial charge in [0.15, 0.2) is 0 Å². The Morgan fingerprint density at radius 1 is 1.36 bits per heavy atom. The van der Waals surface area contributed by atoms with Gasteiger partial charge in [0.2, 0.25) is 5.89 Å². The Bertz CT molecular complexity index is 474. The average Bonchev–Trinajstić information content (AvgIpc) is 2.56. The Balaban J connectivity index is 2.55. The van der Waals surface area contributed by atoms with Gasteiger partial charge in [-0.05, 0) is 34.1 Å². The molecule has 0 unspecified atom stereocenters. The molecule has 2 aromatic rings. The number of rotatable bonds is 1. The van der Waals surface area contributed by atoms with Gasteiger partial charge in [0.1, 0.15) is 0 Å². The molecule has 0 fully saturated rings. The largest absolute Gasteiger partial charge is 0.412 e. The van der Waals surface area contributed by atoms with Crippen LogP contribution in [0.4, 0.5) is 0 Å². The summed E-state index contributed by atoms with van der Waals surface area (Å²) in [5.41, 5.74) is 0.799. The van der Waals surface area contributed by atoms with E-state index in [0.717, 1.165) is 10.0 Å². The highest BCUT2D eigenvalue weighted by Gasteiger charge is 2.10. The van der Waals surface area contributed by atoms with E-state index in [2.05, 4.69) is 26.1 Å². The monoisotopic (exact) mass is 384 g/mol. The van der Waals surface area contributed by atoms with Gasteiger partial charge < -0.3 is 4.42 Å². The van der Waals surface area contributed by atoms with Gasteiger partial charge in [-0.1, -0.05) is 11.6 Å². The molecule has 6 heteroatoms. The summed E-state index contributed by atoms with van der Waals surface area (Å²) >= 11 is 11.2. The van der Waals surface area contributed by atoms with Gasteiger partial charge in [-0.3, -0.25) is 0 Å². The molecule has 0 spiro atoms. The van der Waals surface area contributed by atoms with Crippen LogP contribution in [-0.4, -0.2) is 10.2 Å². The van der Waals surface area contributed by atoms with Crippen LogP contribution in [0.3, 0.4) is 0 Å². The zero-order valence-electron chi connectivity index (χ0n) is 6.67. The van der Waals surface area contributed by atoms with Crippen molar-refractivity contribution in [2.24, 2.45) is 0 Å². The second-order valence-corrected chi connectivity index (χ2v) is 4.70. The summed E-state index contributed by atoms with van der Waals surface area (Å²) in [6, 6.07) is 5.40. The molecule has 1 aromatic carbocycles. The predicted octanol–water partition coefficient (Wildman–Crippen LogP) is 3.76. The van der Waals surface area contributed by atoms with E-state index in [4.69, 9.17) is 16.0 Å². The minimum absolute atomic E-state index is 0.462. The fourth-order valence-corrected chi connectivity index (χ4v) is 1.88. The molecule has 1 aromatic heterocycles. The first-order valence-electron chi connectivity index (χ1n) is 3.61. The zero-order chi connectivity index (χ0) is 10.1. The first kappa shape index (κ1) is 10.4. The van der Waals surface area contributed by atoms with Crippen molar-refractivity contribution in [2.75, 3.05) is 0 Å². The second-order valence-electron chi connectivity index (χ2n) is 2.48. The van der Waals surface area contributed by atoms with Crippen molar-refractivity contribution in [1.29, 1.82) is 0 Å². The summed E-state index contributed by atoms with van der Waals surface area (Å²) in [7, 11) is 0. The first-order valence-corrected chi connectivity index (χ1v) is 5.86. The Kier molecular flexibility index (Phi) is 3.08. The van der Waals surface area contributed by atoms with Crippen LogP contribution in [0.2, 0.25) is 5.02 Å². The van der Waals surface area contributed by atoms with E-state index >= 15 is 0 Å². The number of hydrogen-bond donors (Lipinski definition) is 0. The maximum atomic E-state index is 5.86. The third-order valence-electron chi connectivity index (χ3n) is 1.56. The Morgan fingerprint density at radius 2 is 2.14 bits per heavy atom. The minimum Gasteiger partial charge on any atom is -0.412 e. The van der Waals surface area contributed by atoms with E-state index in [1.165, 1.54) is 0 Å². The highest BCUT2D eigenvalue weighted by Crippen LogP contribution is 2.29. The first-order chi connectivity index (χ1) is 6.66. The average molecular weight is 385 g/mol. The Labute approximate surface area is 107 Å². The smallest absolute Gasteiger partial charge is 0.278 e. The second kappa shape index (κ2) is 4.16. The molecule has 3 nitrogen and oxygen atoms in total. The highest BCUT2D eigenvalue weighted by atomic mass is 127. The van der Waals surface area contributed by atoms with Gasteiger partial charge >= 0.3 is 0 Å². The van der Waals surface area contributed by atoms with Crippen molar-refractivity contribution in [3.8, 4) is 11.5 Å². The lowest BCUT2D eigenvalue weighted by Gasteiger charge is -1.98. The molecule has 1 heterocycles. The molecule has 0 aliphatic heterocycles. The van der Waals surface area contributed by atoms with Crippen LogP contribution in [0.5, 0.6) is 0 Å². The van der Waals surface area contributed by atoms with Crippen molar-refractivity contribution >= 4 is 50.1 Å². The number of aromatic nitrogens is 2. The SMILES string of the molecule is Clc1ccc(Br)c(-c2nnc(I)o2)c1. The highest BCUT2D eigenvalue weighted by molar-refractivity contribution is 14.1. The van der Waals surface area contributed by atoms with Crippen LogP contribution < -0.4 is 0 Å². The predicted molar refractivity (Wildman–Crippen MR) is 65.2 cm³/mol. The molecule has 0 bridgehead atoms. The van der Waals surface area contributed by atoms with Crippen molar-refractivity contribution in [3.63, 3.8) is 0 Å². The normalized spacial score (nSPS) is 10.5. The zero-order valence-corrected chi connectivity index (χ0v) is 11.2. The van der Waals surface area contributed by atoms with E-state index in [0.29, 0.717) is 14.8 Å². The lowest BCUT2D eigenvalue weighted by Crippen LogP contribution is -1.80. The third-order valence-corrected chi connectivity index (χ3v) is 2.92. The molecular formula is C8H3BrClIN2O. The molecule has 0 aliphatic carbocycles. The number of hydrogen-bond acceptors (Lipinski definition) is 3. The summed E-state index contributed by atoms with van der Waals surface area (Å²) in [4.78, 5) is 0. The molecule has 14 heavy (non-hydrogen) atoms. The Hall–Kier alpha value is -0.140. The van der Waals surface area contributed by atoms with E-state index in [-0.39, 0.29) is 0 Å². The molecular weight excluding hydrogens is 382 g/mol. The van der Waals surface area contributed by atoms with E-state index in [9.17, 15) is 0 Å². The molecule has 0 amide bonds. The topological polar surface area (TPSA) is 38.9 Å². The van der Waals surface area contributed by atoms with Gasteiger partial charge in [-0.2, -0.15) is 0 Å². The molecule has 0 atom stereocenters. The maximum absolute atomic E-state index is 5.86. The standard InChI is InChI=1S/C8H3BrClIN2O/c9-6-2-1-4(10)3-5(6)7-12-13-8(11)14-7/h1-3H. The molecule has 0 radical (unpaired) electrons. The molecule has 0 saturated carbocycles. The molecule has 2 rings (SSSR count). The Morgan fingerprint density at radius 3 is 2.79 bits per heavy atom. The van der Waals surface area contributed by atoms with Gasteiger partial charge in [0.25, 0.3) is 3.90 Å². The summed E-state index contributed by atoms with van der Waals surface area (Å²) in [6.07, 6.45) is 0. The molecule has 0 N–H and O–H groups in total. The van der Waals surface area contributed by atoms with Crippen LogP contribution in [0, 0.1) is 3.90 Å². The molecule has 0 aliphatic rings. The molecule has 72 valence electrons. The maximum Gasteiger partial charge on any atom is 0.278 e. The fourth-order valence-electron chi connectivity index (χ4n) is 0.976. The quantitative estimate of drug-likeness (QED) is 0.702. The van der Waals surface area contributed by atoms with Gasteiger partial charge in [-0.15, -0.1) is 10.2 Å². The van der Waals surface area contributed by atoms with Crippen LogP contribution in [0.15, 0.2) is 27.1 Å². The van der Waals surface area contributed by atoms with Crippen molar-refractivity contribution in [3.05, 3.63) is 31.6 Å². The van der Waals surface area contributed by atoms with Crippen LogP contribution in [0.25, 0.3) is 11.5 Å². The number of benzene rings is 1. The van der Waals surface area contributed by atoms with Crippen molar-refractivity contribution < 1.29 is 4.42 Å². The van der Waals surface area contributed by atoms with E-state index < -0.39 is 0 Å². The third kappa shape index (κ3) is 2.09. The van der Waals surface area contributed by atoms with Crippen LogP contribution in [-0.2, 0) is 0 Å².